The predicted molar refractivity (Wildman–Crippen MR) is 83.8 cm³/mol. The van der Waals surface area contributed by atoms with Gasteiger partial charge in [-0.3, -0.25) is 4.79 Å². The number of nitrogens with zero attached hydrogens (tertiary/aromatic N) is 3. The Hall–Kier alpha value is -1.69. The number of nitrogens with one attached hydrogen (secondary N) is 1. The highest BCUT2D eigenvalue weighted by atomic mass is 32.1. The number of rotatable bonds is 1. The van der Waals surface area contributed by atoms with Crippen molar-refractivity contribution in [3.05, 3.63) is 16.8 Å². The molecule has 0 spiro atoms. The van der Waals surface area contributed by atoms with Crippen LogP contribution in [0.4, 0.5) is 5.82 Å². The van der Waals surface area contributed by atoms with Crippen molar-refractivity contribution in [2.24, 2.45) is 0 Å². The second-order valence-electron chi connectivity index (χ2n) is 5.96. The van der Waals surface area contributed by atoms with Gasteiger partial charge in [0.25, 0.3) is 0 Å². The van der Waals surface area contributed by atoms with Gasteiger partial charge in [-0.2, -0.15) is 0 Å². The van der Waals surface area contributed by atoms with E-state index in [9.17, 15) is 4.79 Å². The number of fused-ring (bicyclic) bond motifs is 3. The average Bonchev–Trinajstić information content (AvgIpc) is 2.92. The lowest BCUT2D eigenvalue weighted by Crippen LogP contribution is -2.38. The Labute approximate surface area is 127 Å². The van der Waals surface area contributed by atoms with Gasteiger partial charge in [0.15, 0.2) is 0 Å². The molecule has 0 aliphatic carbocycles. The molecule has 2 bridgehead atoms. The number of carbonyl (C=O) groups excluding carboxylic acids is 1. The topological polar surface area (TPSA) is 58.1 Å². The summed E-state index contributed by atoms with van der Waals surface area (Å²) >= 11 is 1.73. The molecular formula is C15H18N4OS. The molecule has 2 atom stereocenters. The summed E-state index contributed by atoms with van der Waals surface area (Å²) < 4.78 is 0. The highest BCUT2D eigenvalue weighted by Crippen LogP contribution is 2.39. The largest absolute Gasteiger partial charge is 0.354 e. The minimum Gasteiger partial charge on any atom is -0.354 e. The molecule has 6 heteroatoms. The van der Waals surface area contributed by atoms with Gasteiger partial charge in [0, 0.05) is 29.9 Å². The zero-order valence-electron chi connectivity index (χ0n) is 12.2. The number of carbonyl (C=O) groups is 1. The Bertz CT molecular complexity index is 726. The van der Waals surface area contributed by atoms with Crippen LogP contribution in [0.25, 0.3) is 10.2 Å². The molecular weight excluding hydrogens is 284 g/mol. The first-order chi connectivity index (χ1) is 10.1. The van der Waals surface area contributed by atoms with E-state index in [-0.39, 0.29) is 11.9 Å². The summed E-state index contributed by atoms with van der Waals surface area (Å²) in [6.07, 6.45) is 4.43. The molecule has 1 N–H and O–H groups in total. The second-order valence-corrected chi connectivity index (χ2v) is 7.16. The van der Waals surface area contributed by atoms with Crippen molar-refractivity contribution in [1.82, 2.24) is 15.3 Å². The fourth-order valence-electron chi connectivity index (χ4n) is 3.59. The molecule has 0 radical (unpaired) electrons. The van der Waals surface area contributed by atoms with E-state index in [4.69, 9.17) is 0 Å². The van der Waals surface area contributed by atoms with Gasteiger partial charge in [0.05, 0.1) is 5.39 Å². The van der Waals surface area contributed by atoms with Crippen LogP contribution in [-0.2, 0) is 4.79 Å². The van der Waals surface area contributed by atoms with Gasteiger partial charge >= 0.3 is 0 Å². The number of anilines is 1. The number of hydrogen-bond donors (Lipinski definition) is 1. The third-order valence-electron chi connectivity index (χ3n) is 4.77. The molecule has 0 saturated carbocycles. The normalized spacial score (nSPS) is 25.2. The molecule has 0 unspecified atom stereocenters. The van der Waals surface area contributed by atoms with Crippen molar-refractivity contribution in [3.8, 4) is 0 Å². The van der Waals surface area contributed by atoms with Crippen LogP contribution < -0.4 is 10.2 Å². The van der Waals surface area contributed by atoms with Gasteiger partial charge < -0.3 is 10.2 Å². The van der Waals surface area contributed by atoms with Crippen molar-refractivity contribution in [3.63, 3.8) is 0 Å². The summed E-state index contributed by atoms with van der Waals surface area (Å²) in [7, 11) is 0. The molecule has 4 rings (SSSR count). The van der Waals surface area contributed by atoms with Crippen LogP contribution in [0.1, 0.15) is 29.7 Å². The number of aromatic nitrogens is 2. The molecule has 110 valence electrons. The molecule has 0 aromatic carbocycles. The van der Waals surface area contributed by atoms with E-state index in [1.54, 1.807) is 17.7 Å². The van der Waals surface area contributed by atoms with Crippen LogP contribution in [0, 0.1) is 13.8 Å². The van der Waals surface area contributed by atoms with Crippen LogP contribution in [0.5, 0.6) is 0 Å². The Morgan fingerprint density at radius 1 is 1.29 bits per heavy atom. The van der Waals surface area contributed by atoms with Crippen LogP contribution in [0.2, 0.25) is 0 Å². The molecule has 2 aromatic heterocycles. The lowest BCUT2D eigenvalue weighted by atomic mass is 10.1. The molecule has 2 fully saturated rings. The third-order valence-corrected chi connectivity index (χ3v) is 5.88. The van der Waals surface area contributed by atoms with Crippen molar-refractivity contribution in [2.75, 3.05) is 11.4 Å². The molecule has 2 aliphatic heterocycles. The average molecular weight is 302 g/mol. The molecule has 4 heterocycles. The van der Waals surface area contributed by atoms with Gasteiger partial charge in [0.2, 0.25) is 5.91 Å². The Morgan fingerprint density at radius 2 is 2.10 bits per heavy atom. The van der Waals surface area contributed by atoms with E-state index in [1.165, 1.54) is 15.8 Å². The molecule has 21 heavy (non-hydrogen) atoms. The van der Waals surface area contributed by atoms with Gasteiger partial charge in [-0.1, -0.05) is 0 Å². The minimum atomic E-state index is 0.163. The number of thiophene rings is 1. The van der Waals surface area contributed by atoms with E-state index < -0.39 is 0 Å². The third kappa shape index (κ3) is 1.92. The Kier molecular flexibility index (Phi) is 2.89. The van der Waals surface area contributed by atoms with Gasteiger partial charge in [-0.25, -0.2) is 9.97 Å². The molecule has 2 aliphatic rings. The van der Waals surface area contributed by atoms with Crippen molar-refractivity contribution >= 4 is 33.3 Å². The first-order valence-corrected chi connectivity index (χ1v) is 8.22. The quantitative estimate of drug-likeness (QED) is 0.877. The second kappa shape index (κ2) is 4.66. The first-order valence-electron chi connectivity index (χ1n) is 7.41. The maximum Gasteiger partial charge on any atom is 0.222 e. The lowest BCUT2D eigenvalue weighted by molar-refractivity contribution is -0.121. The number of aryl methyl sites for hydroxylation is 2. The predicted octanol–water partition coefficient (Wildman–Crippen LogP) is 2.17. The summed E-state index contributed by atoms with van der Waals surface area (Å²) in [6.45, 7) is 5.00. The Balaban J connectivity index is 1.88. The summed E-state index contributed by atoms with van der Waals surface area (Å²) in [4.78, 5) is 25.6. The zero-order valence-corrected chi connectivity index (χ0v) is 13.0. The SMILES string of the molecule is Cc1sc2ncnc(N3[C@@H]4CC[C@H]3CC(=O)NC4)c2c1C. The molecule has 2 aromatic rings. The monoisotopic (exact) mass is 302 g/mol. The molecule has 2 saturated heterocycles. The van der Waals surface area contributed by atoms with Crippen LogP contribution in [-0.4, -0.2) is 34.5 Å². The summed E-state index contributed by atoms with van der Waals surface area (Å²) in [5.74, 6) is 1.18. The summed E-state index contributed by atoms with van der Waals surface area (Å²) in [5, 5.41) is 4.19. The number of amides is 1. The zero-order chi connectivity index (χ0) is 14.6. The summed E-state index contributed by atoms with van der Waals surface area (Å²) in [5.41, 5.74) is 1.27. The van der Waals surface area contributed by atoms with Gasteiger partial charge in [-0.15, -0.1) is 11.3 Å². The van der Waals surface area contributed by atoms with Crippen molar-refractivity contribution in [2.45, 2.75) is 45.2 Å². The maximum atomic E-state index is 11.8. The van der Waals surface area contributed by atoms with E-state index in [1.807, 2.05) is 0 Å². The van der Waals surface area contributed by atoms with Crippen molar-refractivity contribution < 1.29 is 4.79 Å². The smallest absolute Gasteiger partial charge is 0.222 e. The van der Waals surface area contributed by atoms with E-state index in [2.05, 4.69) is 34.0 Å². The lowest BCUT2D eigenvalue weighted by Gasteiger charge is -2.29. The summed E-state index contributed by atoms with van der Waals surface area (Å²) in [6, 6.07) is 0.634. The van der Waals surface area contributed by atoms with Gasteiger partial charge in [0.1, 0.15) is 17.0 Å². The highest BCUT2D eigenvalue weighted by molar-refractivity contribution is 7.18. The van der Waals surface area contributed by atoms with Crippen LogP contribution in [0.3, 0.4) is 0 Å². The van der Waals surface area contributed by atoms with Crippen molar-refractivity contribution in [1.29, 1.82) is 0 Å². The van der Waals surface area contributed by atoms with Gasteiger partial charge in [-0.05, 0) is 32.3 Å². The number of hydrogen-bond acceptors (Lipinski definition) is 5. The first kappa shape index (κ1) is 13.0. The minimum absolute atomic E-state index is 0.163. The Morgan fingerprint density at radius 3 is 2.95 bits per heavy atom. The molecule has 5 nitrogen and oxygen atoms in total. The fourth-order valence-corrected chi connectivity index (χ4v) is 4.58. The fraction of sp³-hybridized carbons (Fsp3) is 0.533. The highest BCUT2D eigenvalue weighted by Gasteiger charge is 2.39. The maximum absolute atomic E-state index is 11.8. The van der Waals surface area contributed by atoms with E-state index in [0.717, 1.165) is 30.0 Å². The standard InChI is InChI=1S/C15H18N4OS/c1-8-9(2)21-15-13(8)14(17-7-18-15)19-10-3-4-11(19)6-16-12(20)5-10/h7,10-11H,3-6H2,1-2H3,(H,16,20)/t10-,11+/m0/s1. The van der Waals surface area contributed by atoms with E-state index >= 15 is 0 Å². The molecule has 1 amide bonds. The van der Waals surface area contributed by atoms with Crippen LogP contribution in [0.15, 0.2) is 6.33 Å². The van der Waals surface area contributed by atoms with E-state index in [0.29, 0.717) is 12.5 Å². The van der Waals surface area contributed by atoms with Crippen LogP contribution >= 0.6 is 11.3 Å².